The van der Waals surface area contributed by atoms with Crippen molar-refractivity contribution in [1.29, 1.82) is 0 Å². The van der Waals surface area contributed by atoms with Crippen molar-refractivity contribution in [2.45, 2.75) is 13.0 Å². The van der Waals surface area contributed by atoms with Gasteiger partial charge < -0.3 is 15.7 Å². The zero-order chi connectivity index (χ0) is 13.1. The number of aliphatic hydroxyl groups is 1. The van der Waals surface area contributed by atoms with Gasteiger partial charge in [0.25, 0.3) is 5.91 Å². The number of rotatable bonds is 3. The Hall–Kier alpha value is -1.46. The number of hydrogen-bond acceptors (Lipinski definition) is 3. The van der Waals surface area contributed by atoms with Crippen LogP contribution in [0.4, 0.5) is 4.39 Å². The van der Waals surface area contributed by atoms with Crippen molar-refractivity contribution in [2.24, 2.45) is 5.92 Å². The topological polar surface area (TPSA) is 61.4 Å². The molecule has 1 aromatic carbocycles. The van der Waals surface area contributed by atoms with Gasteiger partial charge in [0.15, 0.2) is 0 Å². The highest BCUT2D eigenvalue weighted by molar-refractivity contribution is 5.94. The number of carbonyl (C=O) groups excluding carboxylic acids is 1. The molecule has 1 amide bonds. The van der Waals surface area contributed by atoms with Crippen molar-refractivity contribution in [2.75, 3.05) is 19.6 Å². The number of aliphatic hydroxyl groups excluding tert-OH is 1. The summed E-state index contributed by atoms with van der Waals surface area (Å²) in [5.74, 6) is -0.519. The van der Waals surface area contributed by atoms with Gasteiger partial charge in [0.1, 0.15) is 5.82 Å². The number of amides is 1. The van der Waals surface area contributed by atoms with Crippen molar-refractivity contribution < 1.29 is 14.3 Å². The van der Waals surface area contributed by atoms with Crippen molar-refractivity contribution in [3.05, 3.63) is 35.1 Å². The maximum absolute atomic E-state index is 13.1. The van der Waals surface area contributed by atoms with Crippen molar-refractivity contribution in [3.63, 3.8) is 0 Å². The highest BCUT2D eigenvalue weighted by Gasteiger charge is 2.25. The molecule has 1 aliphatic heterocycles. The fourth-order valence-corrected chi connectivity index (χ4v) is 2.04. The van der Waals surface area contributed by atoms with Gasteiger partial charge in [-0.3, -0.25) is 4.79 Å². The molecule has 2 unspecified atom stereocenters. The average Bonchev–Trinajstić information content (AvgIpc) is 2.75. The monoisotopic (exact) mass is 252 g/mol. The molecule has 18 heavy (non-hydrogen) atoms. The lowest BCUT2D eigenvalue weighted by atomic mass is 10.1. The molecule has 0 aliphatic carbocycles. The third-order valence-corrected chi connectivity index (χ3v) is 3.25. The van der Waals surface area contributed by atoms with E-state index in [2.05, 4.69) is 10.6 Å². The Kier molecular flexibility index (Phi) is 3.93. The minimum atomic E-state index is -0.416. The Balaban J connectivity index is 1.93. The lowest BCUT2D eigenvalue weighted by molar-refractivity contribution is 0.0927. The summed E-state index contributed by atoms with van der Waals surface area (Å²) in [6.07, 6.45) is -0.416. The van der Waals surface area contributed by atoms with Crippen molar-refractivity contribution in [3.8, 4) is 0 Å². The van der Waals surface area contributed by atoms with E-state index in [0.29, 0.717) is 30.8 Å². The first-order valence-corrected chi connectivity index (χ1v) is 6.01. The fraction of sp³-hybridized carbons (Fsp3) is 0.462. The largest absolute Gasteiger partial charge is 0.391 e. The lowest BCUT2D eigenvalue weighted by Crippen LogP contribution is -2.34. The molecule has 5 heteroatoms. The molecule has 1 aromatic rings. The molecule has 0 aromatic heterocycles. The molecule has 1 heterocycles. The van der Waals surface area contributed by atoms with Crippen LogP contribution in [0.2, 0.25) is 0 Å². The van der Waals surface area contributed by atoms with E-state index in [1.165, 1.54) is 18.2 Å². The van der Waals surface area contributed by atoms with Crippen LogP contribution in [-0.2, 0) is 0 Å². The molecule has 1 aliphatic rings. The minimum Gasteiger partial charge on any atom is -0.391 e. The summed E-state index contributed by atoms with van der Waals surface area (Å²) in [4.78, 5) is 11.8. The Morgan fingerprint density at radius 1 is 1.56 bits per heavy atom. The minimum absolute atomic E-state index is 0.0375. The van der Waals surface area contributed by atoms with Crippen LogP contribution in [-0.4, -0.2) is 36.8 Å². The second-order valence-corrected chi connectivity index (χ2v) is 4.66. The molecule has 0 bridgehead atoms. The molecule has 98 valence electrons. The second kappa shape index (κ2) is 5.46. The van der Waals surface area contributed by atoms with E-state index < -0.39 is 6.10 Å². The van der Waals surface area contributed by atoms with Crippen LogP contribution in [0, 0.1) is 18.7 Å². The molecule has 0 spiro atoms. The Bertz CT molecular complexity index is 451. The van der Waals surface area contributed by atoms with Gasteiger partial charge >= 0.3 is 0 Å². The van der Waals surface area contributed by atoms with Crippen LogP contribution >= 0.6 is 0 Å². The highest BCUT2D eigenvalue weighted by atomic mass is 19.1. The molecule has 2 rings (SSSR count). The van der Waals surface area contributed by atoms with E-state index in [-0.39, 0.29) is 17.6 Å². The van der Waals surface area contributed by atoms with Crippen LogP contribution in [0.5, 0.6) is 0 Å². The first-order valence-electron chi connectivity index (χ1n) is 6.01. The van der Waals surface area contributed by atoms with E-state index in [1.807, 2.05) is 0 Å². The summed E-state index contributed by atoms with van der Waals surface area (Å²) in [6.45, 7) is 3.31. The average molecular weight is 252 g/mol. The fourth-order valence-electron chi connectivity index (χ4n) is 2.04. The summed E-state index contributed by atoms with van der Waals surface area (Å²) < 4.78 is 13.1. The van der Waals surface area contributed by atoms with E-state index in [0.717, 1.165) is 0 Å². The second-order valence-electron chi connectivity index (χ2n) is 4.66. The number of hydrogen-bond donors (Lipinski definition) is 3. The van der Waals surface area contributed by atoms with Crippen LogP contribution in [0.3, 0.4) is 0 Å². The molecule has 1 fully saturated rings. The number of aryl methyl sites for hydroxylation is 1. The van der Waals surface area contributed by atoms with Gasteiger partial charge in [0, 0.05) is 31.1 Å². The van der Waals surface area contributed by atoms with Crippen LogP contribution in [0.15, 0.2) is 18.2 Å². The predicted octanol–water partition coefficient (Wildman–Crippen LogP) is 0.444. The van der Waals surface area contributed by atoms with E-state index in [1.54, 1.807) is 6.92 Å². The number of β-amino-alcohol motifs (C(OH)–C–C–N with tert-alkyl or cyclic N) is 1. The van der Waals surface area contributed by atoms with Crippen molar-refractivity contribution in [1.82, 2.24) is 10.6 Å². The van der Waals surface area contributed by atoms with Crippen molar-refractivity contribution >= 4 is 5.91 Å². The molecule has 3 N–H and O–H groups in total. The van der Waals surface area contributed by atoms with Gasteiger partial charge in [-0.05, 0) is 30.7 Å². The zero-order valence-electron chi connectivity index (χ0n) is 10.2. The standard InChI is InChI=1S/C13H17FN2O2/c1-8-4-9(2-3-11(8)14)13(18)16-6-10-5-15-7-12(10)17/h2-4,10,12,15,17H,5-7H2,1H3,(H,16,18). The van der Waals surface area contributed by atoms with Crippen LogP contribution in [0.1, 0.15) is 15.9 Å². The molecule has 0 radical (unpaired) electrons. The predicted molar refractivity (Wildman–Crippen MR) is 65.8 cm³/mol. The van der Waals surface area contributed by atoms with Gasteiger partial charge in [-0.15, -0.1) is 0 Å². The van der Waals surface area contributed by atoms with Gasteiger partial charge in [-0.2, -0.15) is 0 Å². The quantitative estimate of drug-likeness (QED) is 0.731. The van der Waals surface area contributed by atoms with Gasteiger partial charge in [0.2, 0.25) is 0 Å². The lowest BCUT2D eigenvalue weighted by Gasteiger charge is -2.14. The van der Waals surface area contributed by atoms with Gasteiger partial charge in [-0.1, -0.05) is 0 Å². The molecular formula is C13H17FN2O2. The summed E-state index contributed by atoms with van der Waals surface area (Å²) in [5.41, 5.74) is 0.888. The first kappa shape index (κ1) is 13.0. The summed E-state index contributed by atoms with van der Waals surface area (Å²) in [6, 6.07) is 4.27. The smallest absolute Gasteiger partial charge is 0.251 e. The maximum atomic E-state index is 13.1. The summed E-state index contributed by atoms with van der Waals surface area (Å²) in [7, 11) is 0. The number of benzene rings is 1. The normalized spacial score (nSPS) is 23.1. The molecule has 1 saturated heterocycles. The third-order valence-electron chi connectivity index (χ3n) is 3.25. The summed E-state index contributed by atoms with van der Waals surface area (Å²) >= 11 is 0. The van der Waals surface area contributed by atoms with Gasteiger partial charge in [-0.25, -0.2) is 4.39 Å². The third kappa shape index (κ3) is 2.86. The van der Waals surface area contributed by atoms with E-state index in [4.69, 9.17) is 0 Å². The number of halogens is 1. The highest BCUT2D eigenvalue weighted by Crippen LogP contribution is 2.10. The van der Waals surface area contributed by atoms with Crippen LogP contribution < -0.4 is 10.6 Å². The zero-order valence-corrected chi connectivity index (χ0v) is 10.2. The molecule has 0 saturated carbocycles. The van der Waals surface area contributed by atoms with E-state index >= 15 is 0 Å². The molecule has 4 nitrogen and oxygen atoms in total. The number of nitrogens with one attached hydrogen (secondary N) is 2. The molecular weight excluding hydrogens is 235 g/mol. The molecule has 2 atom stereocenters. The van der Waals surface area contributed by atoms with E-state index in [9.17, 15) is 14.3 Å². The SMILES string of the molecule is Cc1cc(C(=O)NCC2CNCC2O)ccc1F. The maximum Gasteiger partial charge on any atom is 0.251 e. The Morgan fingerprint density at radius 3 is 2.94 bits per heavy atom. The first-order chi connectivity index (χ1) is 8.58. The Labute approximate surface area is 105 Å². The number of carbonyl (C=O) groups is 1. The Morgan fingerprint density at radius 2 is 2.33 bits per heavy atom. The summed E-state index contributed by atoms with van der Waals surface area (Å²) in [5, 5.41) is 15.4. The van der Waals surface area contributed by atoms with Crippen LogP contribution in [0.25, 0.3) is 0 Å². The van der Waals surface area contributed by atoms with Gasteiger partial charge in [0.05, 0.1) is 6.10 Å².